The molecule has 4 heteroatoms. The fourth-order valence-corrected chi connectivity index (χ4v) is 6.70. The monoisotopic (exact) mass is 714 g/mol. The summed E-state index contributed by atoms with van der Waals surface area (Å²) in [5, 5.41) is 23.1. The van der Waals surface area contributed by atoms with Crippen LogP contribution in [0.5, 0.6) is 0 Å². The number of hydrogen-bond acceptors (Lipinski definition) is 3. The van der Waals surface area contributed by atoms with Gasteiger partial charge >= 0.3 is 0 Å². The van der Waals surface area contributed by atoms with E-state index in [-0.39, 0.29) is 12.5 Å². The van der Waals surface area contributed by atoms with E-state index in [1.54, 1.807) is 0 Å². The Bertz CT molecular complexity index is 816. The third kappa shape index (κ3) is 39.4. The summed E-state index contributed by atoms with van der Waals surface area (Å²) >= 11 is 0. The minimum Gasteiger partial charge on any atom is -0.394 e. The largest absolute Gasteiger partial charge is 0.394 e. The third-order valence-electron chi connectivity index (χ3n) is 10.1. The molecule has 0 aliphatic carbocycles. The van der Waals surface area contributed by atoms with E-state index >= 15 is 0 Å². The molecule has 298 valence electrons. The van der Waals surface area contributed by atoms with Gasteiger partial charge in [-0.3, -0.25) is 4.79 Å². The Labute approximate surface area is 318 Å². The van der Waals surface area contributed by atoms with E-state index in [1.165, 1.54) is 141 Å². The Hall–Kier alpha value is -1.65. The molecule has 4 nitrogen and oxygen atoms in total. The third-order valence-corrected chi connectivity index (χ3v) is 10.1. The molecule has 0 saturated carbocycles. The van der Waals surface area contributed by atoms with Crippen LogP contribution >= 0.6 is 0 Å². The lowest BCUT2D eigenvalue weighted by atomic mass is 10.0. The highest BCUT2D eigenvalue weighted by atomic mass is 16.3. The van der Waals surface area contributed by atoms with Gasteiger partial charge in [-0.25, -0.2) is 0 Å². The number of nitrogens with one attached hydrogen (secondary N) is 1. The molecule has 0 heterocycles. The fraction of sp³-hybridized carbons (Fsp3) is 0.809. The predicted octanol–water partition coefficient (Wildman–Crippen LogP) is 14.0. The maximum absolute atomic E-state index is 12.4. The molecule has 0 aromatic rings. The maximum atomic E-state index is 12.4. The summed E-state index contributed by atoms with van der Waals surface area (Å²) in [6.45, 7) is 4.23. The Kier molecular flexibility index (Phi) is 41.4. The highest BCUT2D eigenvalue weighted by Crippen LogP contribution is 2.16. The van der Waals surface area contributed by atoms with E-state index in [0.717, 1.165) is 57.8 Å². The van der Waals surface area contributed by atoms with Crippen LogP contribution in [0.25, 0.3) is 0 Å². The van der Waals surface area contributed by atoms with Crippen LogP contribution in [0, 0.1) is 0 Å². The molecule has 2 atom stereocenters. The quantitative estimate of drug-likeness (QED) is 0.0437. The number of carbonyl (C=O) groups excluding carboxylic acids is 1. The molecule has 1 amide bonds. The lowest BCUT2D eigenvalue weighted by Crippen LogP contribution is -2.45. The summed E-state index contributed by atoms with van der Waals surface area (Å²) in [4.78, 5) is 12.4. The molecule has 3 N–H and O–H groups in total. The Morgan fingerprint density at radius 3 is 1.25 bits per heavy atom. The first-order valence-corrected chi connectivity index (χ1v) is 22.3. The van der Waals surface area contributed by atoms with E-state index in [0.29, 0.717) is 12.8 Å². The van der Waals surface area contributed by atoms with Crippen LogP contribution < -0.4 is 5.32 Å². The van der Waals surface area contributed by atoms with E-state index < -0.39 is 12.1 Å². The van der Waals surface area contributed by atoms with Gasteiger partial charge in [0.2, 0.25) is 5.91 Å². The fourth-order valence-electron chi connectivity index (χ4n) is 6.70. The van der Waals surface area contributed by atoms with Crippen molar-refractivity contribution in [2.45, 2.75) is 238 Å². The van der Waals surface area contributed by atoms with Crippen LogP contribution in [0.15, 0.2) is 48.6 Å². The minimum atomic E-state index is -0.678. The summed E-state index contributed by atoms with van der Waals surface area (Å²) in [5.74, 6) is -0.0714. The van der Waals surface area contributed by atoms with Crippen LogP contribution in [-0.2, 0) is 4.79 Å². The highest BCUT2D eigenvalue weighted by molar-refractivity contribution is 5.76. The van der Waals surface area contributed by atoms with Crippen molar-refractivity contribution in [3.8, 4) is 0 Å². The van der Waals surface area contributed by atoms with Crippen molar-refractivity contribution in [3.63, 3.8) is 0 Å². The maximum Gasteiger partial charge on any atom is 0.220 e. The molecule has 0 radical (unpaired) electrons. The summed E-state index contributed by atoms with van der Waals surface area (Å²) in [7, 11) is 0. The van der Waals surface area contributed by atoms with Crippen molar-refractivity contribution in [2.75, 3.05) is 6.61 Å². The van der Waals surface area contributed by atoms with E-state index in [1.807, 2.05) is 0 Å². The Balaban J connectivity index is 3.53. The van der Waals surface area contributed by atoms with Crippen LogP contribution in [0.2, 0.25) is 0 Å². The molecule has 0 aliphatic heterocycles. The van der Waals surface area contributed by atoms with Gasteiger partial charge in [-0.05, 0) is 51.4 Å². The molecule has 0 saturated heterocycles. The molecule has 0 aromatic heterocycles. The zero-order valence-corrected chi connectivity index (χ0v) is 34.1. The average Bonchev–Trinajstić information content (AvgIpc) is 3.13. The molecular formula is C47H87NO3. The lowest BCUT2D eigenvalue weighted by Gasteiger charge is -2.22. The van der Waals surface area contributed by atoms with E-state index in [2.05, 4.69) is 67.8 Å². The molecule has 0 aromatic carbocycles. The Morgan fingerprint density at radius 2 is 0.863 bits per heavy atom. The molecule has 0 fully saturated rings. The van der Waals surface area contributed by atoms with Crippen LogP contribution in [0.3, 0.4) is 0 Å². The minimum absolute atomic E-state index is 0.0714. The standard InChI is InChI=1S/C47H87NO3/c1-3-5-7-9-11-13-15-17-19-20-21-22-23-24-25-26-27-29-30-32-34-36-38-40-42-46(50)45(44-49)48-47(51)43-41-39-37-35-33-31-28-18-16-14-12-10-8-6-4-2/h6,8,12,14,18,28,33,35,45-46,49-50H,3-5,7,9-11,13,15-17,19-27,29-32,34,36-44H2,1-2H3,(H,48,51)/b8-6-,14-12-,28-18-,35-33-. The van der Waals surface area contributed by atoms with Gasteiger partial charge in [0.05, 0.1) is 18.8 Å². The summed E-state index contributed by atoms with van der Waals surface area (Å²) in [6, 6.07) is -0.559. The number of allylic oxidation sites excluding steroid dienone is 8. The molecule has 0 bridgehead atoms. The molecule has 51 heavy (non-hydrogen) atoms. The van der Waals surface area contributed by atoms with Crippen molar-refractivity contribution < 1.29 is 15.0 Å². The van der Waals surface area contributed by atoms with Gasteiger partial charge in [0.15, 0.2) is 0 Å². The van der Waals surface area contributed by atoms with Gasteiger partial charge in [-0.2, -0.15) is 0 Å². The number of aliphatic hydroxyl groups excluding tert-OH is 2. The molecule has 0 spiro atoms. The van der Waals surface area contributed by atoms with Crippen molar-refractivity contribution >= 4 is 5.91 Å². The second-order valence-electron chi connectivity index (χ2n) is 15.1. The van der Waals surface area contributed by atoms with Gasteiger partial charge in [0.1, 0.15) is 0 Å². The first kappa shape index (κ1) is 49.4. The van der Waals surface area contributed by atoms with E-state index in [9.17, 15) is 15.0 Å². The van der Waals surface area contributed by atoms with Gasteiger partial charge in [0.25, 0.3) is 0 Å². The second-order valence-corrected chi connectivity index (χ2v) is 15.1. The van der Waals surface area contributed by atoms with Gasteiger partial charge < -0.3 is 15.5 Å². The van der Waals surface area contributed by atoms with Crippen molar-refractivity contribution in [3.05, 3.63) is 48.6 Å². The molecule has 0 aliphatic rings. The number of rotatable bonds is 40. The zero-order valence-electron chi connectivity index (χ0n) is 34.1. The lowest BCUT2D eigenvalue weighted by molar-refractivity contribution is -0.123. The number of amides is 1. The first-order chi connectivity index (χ1) is 25.2. The van der Waals surface area contributed by atoms with Crippen LogP contribution in [-0.4, -0.2) is 34.9 Å². The summed E-state index contributed by atoms with van der Waals surface area (Å²) < 4.78 is 0. The summed E-state index contributed by atoms with van der Waals surface area (Å²) in [6.07, 6.45) is 57.7. The van der Waals surface area contributed by atoms with Crippen molar-refractivity contribution in [2.24, 2.45) is 0 Å². The topological polar surface area (TPSA) is 69.6 Å². The molecule has 0 rings (SSSR count). The van der Waals surface area contributed by atoms with Gasteiger partial charge in [-0.15, -0.1) is 0 Å². The smallest absolute Gasteiger partial charge is 0.220 e. The molecule has 2 unspecified atom stereocenters. The van der Waals surface area contributed by atoms with Crippen molar-refractivity contribution in [1.29, 1.82) is 0 Å². The SMILES string of the molecule is CC/C=C\C/C=C\C/C=C\C/C=C\CCCCC(=O)NC(CO)C(O)CCCCCCCCCCCCCCCCCCCCCCCCCC. The van der Waals surface area contributed by atoms with Crippen molar-refractivity contribution in [1.82, 2.24) is 5.32 Å². The molecular weight excluding hydrogens is 627 g/mol. The number of unbranched alkanes of at least 4 members (excludes halogenated alkanes) is 25. The van der Waals surface area contributed by atoms with Gasteiger partial charge in [0, 0.05) is 6.42 Å². The normalized spacial score (nSPS) is 13.4. The van der Waals surface area contributed by atoms with Crippen LogP contribution in [0.1, 0.15) is 226 Å². The number of carbonyl (C=O) groups is 1. The number of hydrogen-bond donors (Lipinski definition) is 3. The average molecular weight is 714 g/mol. The second kappa shape index (κ2) is 42.8. The predicted molar refractivity (Wildman–Crippen MR) is 225 cm³/mol. The highest BCUT2D eigenvalue weighted by Gasteiger charge is 2.19. The summed E-state index contributed by atoms with van der Waals surface area (Å²) in [5.41, 5.74) is 0. The van der Waals surface area contributed by atoms with Crippen LogP contribution in [0.4, 0.5) is 0 Å². The first-order valence-electron chi connectivity index (χ1n) is 22.3. The Morgan fingerprint density at radius 1 is 0.490 bits per heavy atom. The van der Waals surface area contributed by atoms with E-state index in [4.69, 9.17) is 0 Å². The zero-order chi connectivity index (χ0) is 37.1. The van der Waals surface area contributed by atoms with Gasteiger partial charge in [-0.1, -0.05) is 217 Å². The number of aliphatic hydroxyl groups is 2.